The Kier molecular flexibility index (Phi) is 5.95. The van der Waals surface area contributed by atoms with E-state index in [0.29, 0.717) is 6.04 Å². The molecule has 3 heterocycles. The highest BCUT2D eigenvalue weighted by Crippen LogP contribution is 2.33. The lowest BCUT2D eigenvalue weighted by atomic mass is 9.95. The van der Waals surface area contributed by atoms with Gasteiger partial charge in [0.2, 0.25) is 5.82 Å². The van der Waals surface area contributed by atoms with Gasteiger partial charge in [0.15, 0.2) is 0 Å². The van der Waals surface area contributed by atoms with E-state index in [1.807, 2.05) is 18.3 Å². The zero-order valence-electron chi connectivity index (χ0n) is 18.7. The fraction of sp³-hybridized carbons (Fsp3) is 0.480. The minimum Gasteiger partial charge on any atom is -0.497 e. The molecule has 1 saturated heterocycles. The van der Waals surface area contributed by atoms with Crippen LogP contribution in [0.5, 0.6) is 5.75 Å². The maximum atomic E-state index is 9.31. The van der Waals surface area contributed by atoms with Crippen molar-refractivity contribution in [3.05, 3.63) is 48.0 Å². The molecule has 0 spiro atoms. The van der Waals surface area contributed by atoms with E-state index in [4.69, 9.17) is 4.74 Å². The van der Waals surface area contributed by atoms with Crippen LogP contribution in [-0.2, 0) is 6.54 Å². The molecule has 1 aromatic carbocycles. The molecule has 1 saturated carbocycles. The van der Waals surface area contributed by atoms with Crippen molar-refractivity contribution in [3.63, 3.8) is 0 Å². The molecular formula is C25H30N6O. The molecule has 166 valence electrons. The lowest BCUT2D eigenvalue weighted by Crippen LogP contribution is -2.46. The van der Waals surface area contributed by atoms with E-state index in [9.17, 15) is 5.26 Å². The number of hydrogen-bond acceptors (Lipinski definition) is 6. The number of nitrogens with zero attached hydrogens (tertiary/aromatic N) is 6. The van der Waals surface area contributed by atoms with Crippen molar-refractivity contribution < 1.29 is 4.74 Å². The molecule has 0 N–H and O–H groups in total. The van der Waals surface area contributed by atoms with Gasteiger partial charge in [0.25, 0.3) is 0 Å². The van der Waals surface area contributed by atoms with E-state index >= 15 is 0 Å². The van der Waals surface area contributed by atoms with Crippen molar-refractivity contribution in [2.24, 2.45) is 0 Å². The molecule has 2 fully saturated rings. The van der Waals surface area contributed by atoms with Crippen LogP contribution in [0, 0.1) is 11.3 Å². The summed E-state index contributed by atoms with van der Waals surface area (Å²) in [5.74, 6) is 1.15. The number of hydrogen-bond donors (Lipinski definition) is 0. The number of ether oxygens (including phenoxy) is 1. The van der Waals surface area contributed by atoms with Crippen molar-refractivity contribution in [3.8, 4) is 11.8 Å². The average Bonchev–Trinajstić information content (AvgIpc) is 3.22. The molecule has 7 heteroatoms. The first kappa shape index (κ1) is 20.8. The van der Waals surface area contributed by atoms with Gasteiger partial charge in [0, 0.05) is 61.7 Å². The molecule has 0 bridgehead atoms. The number of anilines is 1. The minimum absolute atomic E-state index is 0.257. The topological polar surface area (TPSA) is 70.2 Å². The highest BCUT2D eigenvalue weighted by molar-refractivity contribution is 5.77. The van der Waals surface area contributed by atoms with Crippen LogP contribution in [-0.4, -0.2) is 52.7 Å². The fourth-order valence-corrected chi connectivity index (χ4v) is 5.17. The van der Waals surface area contributed by atoms with Crippen LogP contribution in [0.3, 0.4) is 0 Å². The number of fused-ring (bicyclic) bond motifs is 1. The van der Waals surface area contributed by atoms with Crippen LogP contribution in [0.2, 0.25) is 0 Å². The SMILES string of the molecule is COc1ccc(N2CCN(Cc3cc4cnc(C#N)nc4n3C3CCCCC3)CC2)cc1. The number of benzene rings is 1. The number of piperazine rings is 1. The van der Waals surface area contributed by atoms with Crippen molar-refractivity contribution in [2.45, 2.75) is 44.7 Å². The quantitative estimate of drug-likeness (QED) is 0.606. The maximum absolute atomic E-state index is 9.31. The summed E-state index contributed by atoms with van der Waals surface area (Å²) in [6.45, 7) is 4.97. The summed E-state index contributed by atoms with van der Waals surface area (Å²) >= 11 is 0. The molecule has 2 aromatic heterocycles. The van der Waals surface area contributed by atoms with Crippen LogP contribution in [0.1, 0.15) is 49.7 Å². The summed E-state index contributed by atoms with van der Waals surface area (Å²) < 4.78 is 7.71. The Bertz CT molecular complexity index is 1100. The van der Waals surface area contributed by atoms with Crippen LogP contribution >= 0.6 is 0 Å². The second kappa shape index (κ2) is 9.17. The summed E-state index contributed by atoms with van der Waals surface area (Å²) in [4.78, 5) is 13.8. The standard InChI is InChI=1S/C25H30N6O/c1-32-23-9-7-20(8-10-23)30-13-11-29(12-14-30)18-22-15-19-17-27-24(16-26)28-25(19)31(22)21-5-3-2-4-6-21/h7-10,15,17,21H,2-6,11-14,18H2,1H3. The van der Waals surface area contributed by atoms with Crippen LogP contribution in [0.25, 0.3) is 11.0 Å². The fourth-order valence-electron chi connectivity index (χ4n) is 5.17. The molecule has 0 atom stereocenters. The largest absolute Gasteiger partial charge is 0.497 e. The van der Waals surface area contributed by atoms with Crippen LogP contribution in [0.4, 0.5) is 5.69 Å². The smallest absolute Gasteiger partial charge is 0.234 e. The van der Waals surface area contributed by atoms with E-state index in [2.05, 4.69) is 48.6 Å². The van der Waals surface area contributed by atoms with Crippen LogP contribution in [0.15, 0.2) is 36.5 Å². The second-order valence-electron chi connectivity index (χ2n) is 8.84. The molecule has 7 nitrogen and oxygen atoms in total. The predicted octanol–water partition coefficient (Wildman–Crippen LogP) is 4.14. The summed E-state index contributed by atoms with van der Waals surface area (Å²) in [7, 11) is 1.70. The molecule has 3 aromatic rings. The van der Waals surface area contributed by atoms with Gasteiger partial charge >= 0.3 is 0 Å². The minimum atomic E-state index is 0.257. The highest BCUT2D eigenvalue weighted by atomic mass is 16.5. The Balaban J connectivity index is 1.34. The Hall–Kier alpha value is -3.11. The summed E-state index contributed by atoms with van der Waals surface area (Å²) in [5.41, 5.74) is 3.48. The Morgan fingerprint density at radius 3 is 2.50 bits per heavy atom. The third kappa shape index (κ3) is 4.15. The van der Waals surface area contributed by atoms with E-state index in [1.165, 1.54) is 43.5 Å². The molecule has 0 unspecified atom stereocenters. The van der Waals surface area contributed by atoms with Crippen molar-refractivity contribution >= 4 is 16.7 Å². The number of nitriles is 1. The van der Waals surface area contributed by atoms with E-state index in [-0.39, 0.29) is 5.82 Å². The first-order chi connectivity index (χ1) is 15.7. The van der Waals surface area contributed by atoms with E-state index in [0.717, 1.165) is 49.5 Å². The number of methoxy groups -OCH3 is 1. The van der Waals surface area contributed by atoms with Gasteiger partial charge in [-0.25, -0.2) is 9.97 Å². The molecular weight excluding hydrogens is 400 g/mol. The molecule has 32 heavy (non-hydrogen) atoms. The van der Waals surface area contributed by atoms with Gasteiger partial charge in [-0.15, -0.1) is 0 Å². The van der Waals surface area contributed by atoms with Crippen LogP contribution < -0.4 is 9.64 Å². The monoisotopic (exact) mass is 430 g/mol. The summed E-state index contributed by atoms with van der Waals surface area (Å²) in [6.07, 6.45) is 8.03. The molecule has 0 amide bonds. The van der Waals surface area contributed by atoms with E-state index in [1.54, 1.807) is 7.11 Å². The second-order valence-corrected chi connectivity index (χ2v) is 8.84. The lowest BCUT2D eigenvalue weighted by Gasteiger charge is -2.36. The molecule has 5 rings (SSSR count). The predicted molar refractivity (Wildman–Crippen MR) is 125 cm³/mol. The van der Waals surface area contributed by atoms with Gasteiger partial charge in [-0.05, 0) is 43.2 Å². The zero-order chi connectivity index (χ0) is 21.9. The molecule has 1 aliphatic heterocycles. The van der Waals surface area contributed by atoms with Gasteiger partial charge in [-0.3, -0.25) is 4.90 Å². The third-order valence-corrected chi connectivity index (χ3v) is 6.89. The first-order valence-corrected chi connectivity index (χ1v) is 11.6. The van der Waals surface area contributed by atoms with Gasteiger partial charge in [-0.1, -0.05) is 19.3 Å². The lowest BCUT2D eigenvalue weighted by molar-refractivity contribution is 0.238. The molecule has 1 aliphatic carbocycles. The summed E-state index contributed by atoms with van der Waals surface area (Å²) in [5, 5.41) is 10.4. The van der Waals surface area contributed by atoms with Gasteiger partial charge < -0.3 is 14.2 Å². The summed E-state index contributed by atoms with van der Waals surface area (Å²) in [6, 6.07) is 13.2. The van der Waals surface area contributed by atoms with Gasteiger partial charge in [-0.2, -0.15) is 5.26 Å². The number of rotatable bonds is 5. The Labute approximate surface area is 189 Å². The Morgan fingerprint density at radius 1 is 1.06 bits per heavy atom. The van der Waals surface area contributed by atoms with Gasteiger partial charge in [0.05, 0.1) is 7.11 Å². The molecule has 2 aliphatic rings. The highest BCUT2D eigenvalue weighted by Gasteiger charge is 2.24. The third-order valence-electron chi connectivity index (χ3n) is 6.89. The van der Waals surface area contributed by atoms with Crippen molar-refractivity contribution in [1.29, 1.82) is 5.26 Å². The normalized spacial score (nSPS) is 18.1. The van der Waals surface area contributed by atoms with Gasteiger partial charge in [0.1, 0.15) is 17.5 Å². The number of aromatic nitrogens is 3. The zero-order valence-corrected chi connectivity index (χ0v) is 18.7. The average molecular weight is 431 g/mol. The maximum Gasteiger partial charge on any atom is 0.234 e. The first-order valence-electron chi connectivity index (χ1n) is 11.6. The molecule has 0 radical (unpaired) electrons. The Morgan fingerprint density at radius 2 is 1.81 bits per heavy atom. The van der Waals surface area contributed by atoms with E-state index < -0.39 is 0 Å². The van der Waals surface area contributed by atoms with Crippen molar-refractivity contribution in [2.75, 3.05) is 38.2 Å². The van der Waals surface area contributed by atoms with Crippen molar-refractivity contribution in [1.82, 2.24) is 19.4 Å².